The summed E-state index contributed by atoms with van der Waals surface area (Å²) < 4.78 is 4.30. The molecule has 0 amide bonds. The molecule has 0 aromatic carbocycles. The minimum Gasteiger partial charge on any atom is -0.180 e. The van der Waals surface area contributed by atoms with Crippen molar-refractivity contribution < 1.29 is 0 Å². The van der Waals surface area contributed by atoms with Gasteiger partial charge in [-0.2, -0.15) is 5.11 Å². The highest BCUT2D eigenvalue weighted by Gasteiger charge is 2.41. The van der Waals surface area contributed by atoms with Gasteiger partial charge in [0.2, 0.25) is 0 Å². The molecule has 0 N–H and O–H groups in total. The molecule has 0 radical (unpaired) electrons. The van der Waals surface area contributed by atoms with Gasteiger partial charge in [-0.3, -0.25) is 0 Å². The lowest BCUT2D eigenvalue weighted by Crippen LogP contribution is -2.37. The summed E-state index contributed by atoms with van der Waals surface area (Å²) in [6.45, 7) is 9.91. The Bertz CT molecular complexity index is 145. The summed E-state index contributed by atoms with van der Waals surface area (Å²) >= 11 is 1.66. The Labute approximate surface area is 73.0 Å². The third-order valence-electron chi connectivity index (χ3n) is 2.54. The van der Waals surface area contributed by atoms with Gasteiger partial charge >= 0.3 is 0 Å². The molecule has 0 unspecified atom stereocenters. The molecular weight excluding hydrogens is 156 g/mol. The van der Waals surface area contributed by atoms with Crippen molar-refractivity contribution >= 4 is 11.9 Å². The molecule has 1 aliphatic rings. The zero-order chi connectivity index (χ0) is 8.48. The minimum absolute atomic E-state index is 0.278. The van der Waals surface area contributed by atoms with E-state index in [1.807, 2.05) is 0 Å². The predicted octanol–water partition coefficient (Wildman–Crippen LogP) is 3.15. The normalized spacial score (nSPS) is 22.0. The summed E-state index contributed by atoms with van der Waals surface area (Å²) in [4.78, 5) is 0. The molecule has 0 bridgehead atoms. The first kappa shape index (κ1) is 9.04. The molecular formula is C8H16N2S. The average molecular weight is 172 g/mol. The molecule has 1 heterocycles. The smallest absolute Gasteiger partial charge is 0.0780 e. The van der Waals surface area contributed by atoms with Crippen LogP contribution in [-0.2, 0) is 0 Å². The standard InChI is InChI=1S/C8H16N2S/c1-6(2)8(7(3)4)5-9-10-11-8/h6-7H,5H2,1-4H3. The van der Waals surface area contributed by atoms with Crippen LogP contribution in [0.25, 0.3) is 0 Å². The van der Waals surface area contributed by atoms with E-state index in [9.17, 15) is 0 Å². The third-order valence-corrected chi connectivity index (χ3v) is 4.15. The van der Waals surface area contributed by atoms with Crippen molar-refractivity contribution in [2.75, 3.05) is 6.54 Å². The van der Waals surface area contributed by atoms with Gasteiger partial charge in [-0.05, 0) is 11.8 Å². The van der Waals surface area contributed by atoms with Gasteiger partial charge in [0.25, 0.3) is 0 Å². The monoisotopic (exact) mass is 172 g/mol. The Kier molecular flexibility index (Phi) is 2.58. The molecule has 0 saturated carbocycles. The fourth-order valence-corrected chi connectivity index (χ4v) is 2.32. The van der Waals surface area contributed by atoms with E-state index < -0.39 is 0 Å². The van der Waals surface area contributed by atoms with Crippen molar-refractivity contribution in [2.45, 2.75) is 32.4 Å². The summed E-state index contributed by atoms with van der Waals surface area (Å²) in [6.07, 6.45) is 0. The lowest BCUT2D eigenvalue weighted by atomic mass is 9.84. The van der Waals surface area contributed by atoms with Crippen molar-refractivity contribution in [3.8, 4) is 0 Å². The Balaban J connectivity index is 2.73. The second-order valence-corrected chi connectivity index (χ2v) is 4.84. The zero-order valence-corrected chi connectivity index (χ0v) is 8.48. The van der Waals surface area contributed by atoms with E-state index in [-0.39, 0.29) is 4.75 Å². The van der Waals surface area contributed by atoms with Crippen molar-refractivity contribution in [1.29, 1.82) is 0 Å². The Morgan fingerprint density at radius 2 is 1.73 bits per heavy atom. The molecule has 0 spiro atoms. The average Bonchev–Trinajstić information content (AvgIpc) is 2.34. The van der Waals surface area contributed by atoms with E-state index in [4.69, 9.17) is 0 Å². The van der Waals surface area contributed by atoms with Crippen LogP contribution in [0.4, 0.5) is 0 Å². The largest absolute Gasteiger partial charge is 0.180 e. The molecule has 64 valence electrons. The van der Waals surface area contributed by atoms with E-state index in [0.717, 1.165) is 6.54 Å². The van der Waals surface area contributed by atoms with Gasteiger partial charge in [-0.1, -0.05) is 27.7 Å². The molecule has 0 aromatic heterocycles. The highest BCUT2D eigenvalue weighted by molar-refractivity contribution is 7.99. The molecule has 0 aromatic rings. The molecule has 0 saturated heterocycles. The second-order valence-electron chi connectivity index (χ2n) is 3.74. The van der Waals surface area contributed by atoms with E-state index in [1.165, 1.54) is 0 Å². The highest BCUT2D eigenvalue weighted by Crippen LogP contribution is 2.44. The maximum absolute atomic E-state index is 4.07. The van der Waals surface area contributed by atoms with Gasteiger partial charge in [0.05, 0.1) is 11.3 Å². The lowest BCUT2D eigenvalue weighted by Gasteiger charge is -2.33. The van der Waals surface area contributed by atoms with Crippen LogP contribution in [0.3, 0.4) is 0 Å². The van der Waals surface area contributed by atoms with Crippen LogP contribution in [0.5, 0.6) is 0 Å². The van der Waals surface area contributed by atoms with Crippen molar-refractivity contribution in [2.24, 2.45) is 21.5 Å². The van der Waals surface area contributed by atoms with Crippen LogP contribution < -0.4 is 0 Å². The molecule has 0 fully saturated rings. The molecule has 2 nitrogen and oxygen atoms in total. The number of hydrogen-bond donors (Lipinski definition) is 0. The topological polar surface area (TPSA) is 24.7 Å². The molecule has 1 aliphatic heterocycles. The Morgan fingerprint density at radius 3 is 1.91 bits per heavy atom. The van der Waals surface area contributed by atoms with Crippen LogP contribution >= 0.6 is 11.9 Å². The lowest BCUT2D eigenvalue weighted by molar-refractivity contribution is 0.348. The summed E-state index contributed by atoms with van der Waals surface area (Å²) in [5, 5.41) is 4.07. The fourth-order valence-electron chi connectivity index (χ4n) is 1.52. The zero-order valence-electron chi connectivity index (χ0n) is 7.66. The number of rotatable bonds is 2. The van der Waals surface area contributed by atoms with Crippen LogP contribution in [-0.4, -0.2) is 11.3 Å². The van der Waals surface area contributed by atoms with Gasteiger partial charge in [-0.25, -0.2) is 0 Å². The van der Waals surface area contributed by atoms with E-state index >= 15 is 0 Å². The van der Waals surface area contributed by atoms with E-state index in [0.29, 0.717) is 11.8 Å². The number of hydrogen-bond acceptors (Lipinski definition) is 3. The second kappa shape index (κ2) is 3.13. The first-order valence-electron chi connectivity index (χ1n) is 4.14. The van der Waals surface area contributed by atoms with Gasteiger partial charge in [0, 0.05) is 11.9 Å². The summed E-state index contributed by atoms with van der Waals surface area (Å²) in [7, 11) is 0. The first-order chi connectivity index (χ1) is 5.09. The van der Waals surface area contributed by atoms with Gasteiger partial charge in [0.1, 0.15) is 0 Å². The number of nitrogens with zero attached hydrogens (tertiary/aromatic N) is 2. The quantitative estimate of drug-likeness (QED) is 0.587. The highest BCUT2D eigenvalue weighted by atomic mass is 32.2. The SMILES string of the molecule is CC(C)C1(C(C)C)CN=NS1. The van der Waals surface area contributed by atoms with Crippen LogP contribution in [0.2, 0.25) is 0 Å². The summed E-state index contributed by atoms with van der Waals surface area (Å²) in [5.41, 5.74) is 0. The Hall–Kier alpha value is -0.0500. The first-order valence-corrected chi connectivity index (χ1v) is 4.92. The molecule has 3 heteroatoms. The van der Waals surface area contributed by atoms with Crippen LogP contribution in [0, 0.1) is 11.8 Å². The maximum Gasteiger partial charge on any atom is 0.0780 e. The summed E-state index contributed by atoms with van der Waals surface area (Å²) in [6, 6.07) is 0. The molecule has 0 atom stereocenters. The predicted molar refractivity (Wildman–Crippen MR) is 49.7 cm³/mol. The molecule has 11 heavy (non-hydrogen) atoms. The van der Waals surface area contributed by atoms with Gasteiger partial charge in [0.15, 0.2) is 0 Å². The third kappa shape index (κ3) is 1.43. The van der Waals surface area contributed by atoms with Crippen molar-refractivity contribution in [1.82, 2.24) is 0 Å². The fraction of sp³-hybridized carbons (Fsp3) is 1.00. The van der Waals surface area contributed by atoms with E-state index in [2.05, 4.69) is 37.3 Å². The molecule has 0 aliphatic carbocycles. The molecule has 1 rings (SSSR count). The van der Waals surface area contributed by atoms with Crippen LogP contribution in [0.1, 0.15) is 27.7 Å². The van der Waals surface area contributed by atoms with Gasteiger partial charge < -0.3 is 0 Å². The van der Waals surface area contributed by atoms with Crippen molar-refractivity contribution in [3.63, 3.8) is 0 Å². The van der Waals surface area contributed by atoms with Crippen molar-refractivity contribution in [3.05, 3.63) is 0 Å². The summed E-state index contributed by atoms with van der Waals surface area (Å²) in [5.74, 6) is 1.31. The van der Waals surface area contributed by atoms with Gasteiger partial charge in [-0.15, -0.1) is 4.52 Å². The van der Waals surface area contributed by atoms with E-state index in [1.54, 1.807) is 11.9 Å². The van der Waals surface area contributed by atoms with Crippen LogP contribution in [0.15, 0.2) is 9.63 Å². The minimum atomic E-state index is 0.278. The Morgan fingerprint density at radius 1 is 1.18 bits per heavy atom. The maximum atomic E-state index is 4.07.